The van der Waals surface area contributed by atoms with Crippen LogP contribution in [0.4, 0.5) is 0 Å². The highest BCUT2D eigenvalue weighted by Crippen LogP contribution is 2.59. The Morgan fingerprint density at radius 3 is 2.30 bits per heavy atom. The van der Waals surface area contributed by atoms with Crippen molar-refractivity contribution in [3.63, 3.8) is 0 Å². The highest BCUT2D eigenvalue weighted by Gasteiger charge is 2.58. The molecule has 4 bridgehead atoms. The SMILES string of the molecule is CC(C)(Oc1ccc(Cl)cc1)C(=O)NC1C2CC3C[C@@H]1CC(C(N)=O)(C3)C2. The van der Waals surface area contributed by atoms with Crippen molar-refractivity contribution in [2.24, 2.45) is 28.9 Å². The minimum Gasteiger partial charge on any atom is -0.478 e. The molecule has 5 rings (SSSR count). The lowest BCUT2D eigenvalue weighted by Gasteiger charge is -2.59. The fourth-order valence-corrected chi connectivity index (χ4v) is 5.86. The first-order valence-electron chi connectivity index (χ1n) is 9.74. The Labute approximate surface area is 165 Å². The molecule has 1 aromatic rings. The van der Waals surface area contributed by atoms with Gasteiger partial charge in [0.05, 0.1) is 0 Å². The molecule has 27 heavy (non-hydrogen) atoms. The van der Waals surface area contributed by atoms with Crippen molar-refractivity contribution in [2.75, 3.05) is 0 Å². The molecule has 146 valence electrons. The number of hydrogen-bond donors (Lipinski definition) is 2. The number of amides is 2. The number of nitrogens with two attached hydrogens (primary N) is 1. The monoisotopic (exact) mass is 390 g/mol. The number of carbonyl (C=O) groups excluding carboxylic acids is 2. The highest BCUT2D eigenvalue weighted by molar-refractivity contribution is 6.30. The van der Waals surface area contributed by atoms with Gasteiger partial charge in [0.25, 0.3) is 5.91 Å². The lowest BCUT2D eigenvalue weighted by atomic mass is 9.47. The van der Waals surface area contributed by atoms with Gasteiger partial charge in [-0.15, -0.1) is 0 Å². The van der Waals surface area contributed by atoms with E-state index in [4.69, 9.17) is 22.1 Å². The zero-order valence-electron chi connectivity index (χ0n) is 15.8. The van der Waals surface area contributed by atoms with Gasteiger partial charge in [-0.3, -0.25) is 9.59 Å². The Morgan fingerprint density at radius 2 is 1.74 bits per heavy atom. The molecule has 0 radical (unpaired) electrons. The van der Waals surface area contributed by atoms with Gasteiger partial charge in [-0.2, -0.15) is 0 Å². The van der Waals surface area contributed by atoms with Crippen molar-refractivity contribution in [2.45, 2.75) is 57.6 Å². The standard InChI is InChI=1S/C21H27ClN2O3/c1-20(2,27-16-5-3-15(22)4-6-16)19(26)24-17-13-7-12-8-14(17)11-21(9-12,10-13)18(23)25/h3-6,12-14,17H,7-11H2,1-2H3,(H2,23,25)(H,24,26)/t12?,13-,14?,17?,21?/m1/s1. The van der Waals surface area contributed by atoms with Gasteiger partial charge in [-0.25, -0.2) is 0 Å². The molecular weight excluding hydrogens is 364 g/mol. The smallest absolute Gasteiger partial charge is 0.263 e. The summed E-state index contributed by atoms with van der Waals surface area (Å²) in [6.45, 7) is 3.55. The van der Waals surface area contributed by atoms with Crippen molar-refractivity contribution >= 4 is 23.4 Å². The Kier molecular flexibility index (Phi) is 4.41. The minimum atomic E-state index is -0.996. The first kappa shape index (κ1) is 18.6. The van der Waals surface area contributed by atoms with Crippen LogP contribution in [-0.4, -0.2) is 23.5 Å². The summed E-state index contributed by atoms with van der Waals surface area (Å²) in [4.78, 5) is 25.1. The van der Waals surface area contributed by atoms with E-state index < -0.39 is 5.60 Å². The van der Waals surface area contributed by atoms with Crippen LogP contribution in [0.2, 0.25) is 5.02 Å². The molecule has 0 heterocycles. The third-order valence-electron chi connectivity index (χ3n) is 6.83. The first-order chi connectivity index (χ1) is 12.7. The average molecular weight is 391 g/mol. The summed E-state index contributed by atoms with van der Waals surface area (Å²) in [5, 5.41) is 3.87. The van der Waals surface area contributed by atoms with Crippen LogP contribution in [-0.2, 0) is 9.59 Å². The number of rotatable bonds is 5. The van der Waals surface area contributed by atoms with Crippen LogP contribution in [0.1, 0.15) is 46.0 Å². The zero-order chi connectivity index (χ0) is 19.4. The summed E-state index contributed by atoms with van der Waals surface area (Å²) >= 11 is 5.91. The topological polar surface area (TPSA) is 81.4 Å². The Morgan fingerprint density at radius 1 is 1.15 bits per heavy atom. The van der Waals surface area contributed by atoms with E-state index in [1.807, 2.05) is 0 Å². The Balaban J connectivity index is 1.45. The summed E-state index contributed by atoms with van der Waals surface area (Å²) in [5.41, 5.74) is 4.41. The number of ether oxygens (including phenoxy) is 1. The van der Waals surface area contributed by atoms with Gasteiger partial charge in [-0.05, 0) is 88.0 Å². The quantitative estimate of drug-likeness (QED) is 0.809. The molecule has 3 N–H and O–H groups in total. The van der Waals surface area contributed by atoms with Gasteiger partial charge in [0.1, 0.15) is 5.75 Å². The van der Waals surface area contributed by atoms with Crippen LogP contribution in [0.5, 0.6) is 5.75 Å². The molecule has 4 aliphatic carbocycles. The van der Waals surface area contributed by atoms with Gasteiger partial charge < -0.3 is 15.8 Å². The van der Waals surface area contributed by atoms with Crippen molar-refractivity contribution < 1.29 is 14.3 Å². The molecule has 0 saturated heterocycles. The molecule has 4 unspecified atom stereocenters. The molecule has 5 nitrogen and oxygen atoms in total. The number of benzene rings is 1. The molecule has 4 aliphatic rings. The third-order valence-corrected chi connectivity index (χ3v) is 7.08. The van der Waals surface area contributed by atoms with Gasteiger partial charge >= 0.3 is 0 Å². The maximum Gasteiger partial charge on any atom is 0.263 e. The normalized spacial score (nSPS) is 34.3. The number of carbonyl (C=O) groups is 2. The maximum atomic E-state index is 13.0. The maximum absolute atomic E-state index is 13.0. The number of primary amides is 1. The second-order valence-corrected chi connectivity index (χ2v) is 9.62. The van der Waals surface area contributed by atoms with Gasteiger partial charge in [0.15, 0.2) is 5.60 Å². The lowest BCUT2D eigenvalue weighted by molar-refractivity contribution is -0.150. The fourth-order valence-electron chi connectivity index (χ4n) is 5.73. The number of hydrogen-bond acceptors (Lipinski definition) is 3. The summed E-state index contributed by atoms with van der Waals surface area (Å²) < 4.78 is 5.93. The van der Waals surface area contributed by atoms with E-state index in [0.717, 1.165) is 32.1 Å². The van der Waals surface area contributed by atoms with Crippen molar-refractivity contribution in [1.82, 2.24) is 5.32 Å². The molecule has 0 spiro atoms. The van der Waals surface area contributed by atoms with Crippen LogP contribution >= 0.6 is 11.6 Å². The van der Waals surface area contributed by atoms with E-state index in [-0.39, 0.29) is 23.3 Å². The molecule has 0 aliphatic heterocycles. The van der Waals surface area contributed by atoms with E-state index in [0.29, 0.717) is 28.5 Å². The van der Waals surface area contributed by atoms with Crippen LogP contribution in [0.15, 0.2) is 24.3 Å². The van der Waals surface area contributed by atoms with Crippen LogP contribution < -0.4 is 15.8 Å². The molecule has 4 fully saturated rings. The summed E-state index contributed by atoms with van der Waals surface area (Å²) in [6.07, 6.45) is 4.70. The second-order valence-electron chi connectivity index (χ2n) is 9.18. The van der Waals surface area contributed by atoms with Crippen molar-refractivity contribution in [3.05, 3.63) is 29.3 Å². The van der Waals surface area contributed by atoms with E-state index in [2.05, 4.69) is 5.32 Å². The predicted octanol–water partition coefficient (Wildman–Crippen LogP) is 3.29. The van der Waals surface area contributed by atoms with Crippen LogP contribution in [0, 0.1) is 23.2 Å². The van der Waals surface area contributed by atoms with Gasteiger partial charge in [-0.1, -0.05) is 11.6 Å². The highest BCUT2D eigenvalue weighted by atomic mass is 35.5. The largest absolute Gasteiger partial charge is 0.478 e. The molecule has 1 aromatic carbocycles. The molecule has 0 aromatic heterocycles. The van der Waals surface area contributed by atoms with Crippen molar-refractivity contribution in [1.29, 1.82) is 0 Å². The van der Waals surface area contributed by atoms with E-state index in [9.17, 15) is 9.59 Å². The third kappa shape index (κ3) is 3.31. The molecule has 6 heteroatoms. The molecule has 4 saturated carbocycles. The Hall–Kier alpha value is -1.75. The predicted molar refractivity (Wildman–Crippen MR) is 103 cm³/mol. The molecule has 5 atom stereocenters. The zero-order valence-corrected chi connectivity index (χ0v) is 16.6. The van der Waals surface area contributed by atoms with E-state index in [1.165, 1.54) is 0 Å². The lowest BCUT2D eigenvalue weighted by Crippen LogP contribution is -2.63. The van der Waals surface area contributed by atoms with Crippen molar-refractivity contribution in [3.8, 4) is 5.75 Å². The van der Waals surface area contributed by atoms with E-state index >= 15 is 0 Å². The number of halogens is 1. The summed E-state index contributed by atoms with van der Waals surface area (Å²) in [5.74, 6) is 1.57. The van der Waals surface area contributed by atoms with E-state index in [1.54, 1.807) is 38.1 Å². The molecule has 2 amide bonds. The summed E-state index contributed by atoms with van der Waals surface area (Å²) in [6, 6.07) is 7.11. The van der Waals surface area contributed by atoms with Crippen LogP contribution in [0.25, 0.3) is 0 Å². The summed E-state index contributed by atoms with van der Waals surface area (Å²) in [7, 11) is 0. The van der Waals surface area contributed by atoms with Gasteiger partial charge in [0.2, 0.25) is 5.91 Å². The second kappa shape index (κ2) is 6.40. The average Bonchev–Trinajstić information content (AvgIpc) is 2.59. The first-order valence-corrected chi connectivity index (χ1v) is 10.1. The Bertz CT molecular complexity index is 745. The minimum absolute atomic E-state index is 0.106. The van der Waals surface area contributed by atoms with Gasteiger partial charge in [0, 0.05) is 16.5 Å². The fraction of sp³-hybridized carbons (Fsp3) is 0.619. The van der Waals surface area contributed by atoms with Crippen LogP contribution in [0.3, 0.4) is 0 Å². The molecular formula is C21H27ClN2O3. The number of nitrogens with one attached hydrogen (secondary N) is 1.